The van der Waals surface area contributed by atoms with Crippen LogP contribution in [0, 0.1) is 11.7 Å². The largest absolute Gasteiger partial charge is 0.497 e. The molecule has 1 N–H and O–H groups in total. The van der Waals surface area contributed by atoms with Gasteiger partial charge in [-0.1, -0.05) is 26.0 Å². The van der Waals surface area contributed by atoms with Gasteiger partial charge in [-0.2, -0.15) is 5.10 Å². The van der Waals surface area contributed by atoms with Crippen molar-refractivity contribution in [1.82, 2.24) is 20.0 Å². The molecule has 180 valence electrons. The number of nitrogens with zero attached hydrogens (tertiary/aromatic N) is 3. The molecule has 1 aromatic heterocycles. The molecule has 1 atom stereocenters. The second-order valence-electron chi connectivity index (χ2n) is 8.71. The minimum Gasteiger partial charge on any atom is -0.497 e. The molecule has 2 heterocycles. The van der Waals surface area contributed by atoms with Crippen molar-refractivity contribution in [2.24, 2.45) is 5.92 Å². The summed E-state index contributed by atoms with van der Waals surface area (Å²) in [6, 6.07) is 13.7. The molecule has 1 saturated heterocycles. The van der Waals surface area contributed by atoms with E-state index in [2.05, 4.69) is 29.2 Å². The summed E-state index contributed by atoms with van der Waals surface area (Å²) in [5.41, 5.74) is 2.41. The number of hydrogen-bond donors (Lipinski definition) is 1. The highest BCUT2D eigenvalue weighted by Gasteiger charge is 2.26. The number of aromatic nitrogens is 2. The number of hydrogen-bond acceptors (Lipinski definition) is 5. The third kappa shape index (κ3) is 5.46. The normalized spacial score (nSPS) is 15.3. The summed E-state index contributed by atoms with van der Waals surface area (Å²) in [4.78, 5) is 15.8. The van der Waals surface area contributed by atoms with Crippen molar-refractivity contribution in [3.63, 3.8) is 0 Å². The molecule has 4 rings (SSSR count). The third-order valence-electron chi connectivity index (χ3n) is 6.15. The van der Waals surface area contributed by atoms with Gasteiger partial charge in [0.05, 0.1) is 31.6 Å². The molecule has 7 nitrogen and oxygen atoms in total. The fourth-order valence-electron chi connectivity index (χ4n) is 4.24. The molecule has 1 amide bonds. The fourth-order valence-corrected chi connectivity index (χ4v) is 4.24. The van der Waals surface area contributed by atoms with Crippen LogP contribution in [0.4, 0.5) is 4.39 Å². The van der Waals surface area contributed by atoms with Crippen LogP contribution in [0.2, 0.25) is 0 Å². The van der Waals surface area contributed by atoms with E-state index in [1.807, 2.05) is 24.3 Å². The maximum absolute atomic E-state index is 13.4. The second kappa shape index (κ2) is 10.8. The van der Waals surface area contributed by atoms with Gasteiger partial charge in [0.15, 0.2) is 0 Å². The van der Waals surface area contributed by atoms with Crippen molar-refractivity contribution < 1.29 is 18.7 Å². The third-order valence-corrected chi connectivity index (χ3v) is 6.15. The summed E-state index contributed by atoms with van der Waals surface area (Å²) in [5.74, 6) is 0.514. The van der Waals surface area contributed by atoms with Crippen molar-refractivity contribution in [3.8, 4) is 22.7 Å². The summed E-state index contributed by atoms with van der Waals surface area (Å²) >= 11 is 0. The van der Waals surface area contributed by atoms with Crippen LogP contribution in [0.25, 0.3) is 16.9 Å². The molecular formula is C26H31FN4O3. The molecule has 3 aromatic rings. The Labute approximate surface area is 199 Å². The Kier molecular flexibility index (Phi) is 7.59. The van der Waals surface area contributed by atoms with Gasteiger partial charge in [-0.25, -0.2) is 9.07 Å². The lowest BCUT2D eigenvalue weighted by molar-refractivity contribution is 0.00673. The molecule has 1 aliphatic rings. The van der Waals surface area contributed by atoms with Gasteiger partial charge in [0.25, 0.3) is 5.91 Å². The summed E-state index contributed by atoms with van der Waals surface area (Å²) in [6.45, 7) is 7.99. The van der Waals surface area contributed by atoms with Crippen molar-refractivity contribution >= 4 is 5.91 Å². The Bertz CT molecular complexity index is 1110. The standard InChI is InChI=1S/C26H31FN4O3/c1-18(2)24(30-11-13-34-14-12-30)16-28-26(32)23-17-31(21-9-7-20(27)8-10-21)29-25(23)19-5-4-6-22(15-19)33-3/h4-10,15,17-18,24H,11-14,16H2,1-3H3,(H,28,32). The molecule has 2 aromatic carbocycles. The zero-order valence-corrected chi connectivity index (χ0v) is 19.8. The summed E-state index contributed by atoms with van der Waals surface area (Å²) in [5, 5.41) is 7.80. The number of morpholine rings is 1. The number of carbonyl (C=O) groups is 1. The highest BCUT2D eigenvalue weighted by atomic mass is 19.1. The number of rotatable bonds is 8. The highest BCUT2D eigenvalue weighted by molar-refractivity contribution is 6.00. The first-order valence-electron chi connectivity index (χ1n) is 11.6. The van der Waals surface area contributed by atoms with Gasteiger partial charge < -0.3 is 14.8 Å². The molecule has 0 bridgehead atoms. The van der Waals surface area contributed by atoms with Crippen molar-refractivity contribution in [2.45, 2.75) is 19.9 Å². The molecule has 1 fully saturated rings. The lowest BCUT2D eigenvalue weighted by Crippen LogP contribution is -2.51. The maximum atomic E-state index is 13.4. The smallest absolute Gasteiger partial charge is 0.255 e. The quantitative estimate of drug-likeness (QED) is 0.547. The van der Waals surface area contributed by atoms with E-state index in [4.69, 9.17) is 9.47 Å². The molecule has 1 unspecified atom stereocenters. The second-order valence-corrected chi connectivity index (χ2v) is 8.71. The first-order chi connectivity index (χ1) is 16.5. The number of benzene rings is 2. The first kappa shape index (κ1) is 23.9. The average molecular weight is 467 g/mol. The van der Waals surface area contributed by atoms with Crippen LogP contribution in [0.1, 0.15) is 24.2 Å². The molecule has 34 heavy (non-hydrogen) atoms. The predicted octanol–water partition coefficient (Wildman–Crippen LogP) is 3.77. The van der Waals surface area contributed by atoms with Gasteiger partial charge in [0.2, 0.25) is 0 Å². The van der Waals surface area contributed by atoms with E-state index in [0.29, 0.717) is 48.4 Å². The Hall–Kier alpha value is -3.23. The predicted molar refractivity (Wildman–Crippen MR) is 129 cm³/mol. The number of amides is 1. The maximum Gasteiger partial charge on any atom is 0.255 e. The number of ether oxygens (including phenoxy) is 2. The van der Waals surface area contributed by atoms with E-state index in [1.54, 1.807) is 30.1 Å². The van der Waals surface area contributed by atoms with Gasteiger partial charge in [0.1, 0.15) is 17.3 Å². The SMILES string of the molecule is COc1cccc(-c2nn(-c3ccc(F)cc3)cc2C(=O)NCC(C(C)C)N2CCOCC2)c1. The van der Waals surface area contributed by atoms with Crippen molar-refractivity contribution in [1.29, 1.82) is 0 Å². The molecule has 0 radical (unpaired) electrons. The summed E-state index contributed by atoms with van der Waals surface area (Å²) < 4.78 is 25.9. The Morgan fingerprint density at radius 3 is 2.59 bits per heavy atom. The van der Waals surface area contributed by atoms with Gasteiger partial charge >= 0.3 is 0 Å². The number of methoxy groups -OCH3 is 1. The summed E-state index contributed by atoms with van der Waals surface area (Å²) in [7, 11) is 1.60. The van der Waals surface area contributed by atoms with E-state index < -0.39 is 0 Å². The minimum absolute atomic E-state index is 0.204. The van der Waals surface area contributed by atoms with Gasteiger partial charge in [-0.05, 0) is 42.3 Å². The van der Waals surface area contributed by atoms with Crippen LogP contribution in [-0.2, 0) is 4.74 Å². The average Bonchev–Trinajstić information content (AvgIpc) is 3.31. The van der Waals surface area contributed by atoms with Crippen LogP contribution >= 0.6 is 0 Å². The molecule has 0 saturated carbocycles. The lowest BCUT2D eigenvalue weighted by Gasteiger charge is -2.36. The minimum atomic E-state index is -0.329. The van der Waals surface area contributed by atoms with Crippen molar-refractivity contribution in [2.75, 3.05) is 40.0 Å². The van der Waals surface area contributed by atoms with Crippen molar-refractivity contribution in [3.05, 3.63) is 66.1 Å². The van der Waals surface area contributed by atoms with Crippen LogP contribution in [0.5, 0.6) is 5.75 Å². The zero-order chi connectivity index (χ0) is 24.1. The number of halogens is 1. The first-order valence-corrected chi connectivity index (χ1v) is 11.6. The van der Waals surface area contributed by atoms with E-state index in [-0.39, 0.29) is 17.8 Å². The number of carbonyl (C=O) groups excluding carboxylic acids is 1. The Balaban J connectivity index is 1.63. The van der Waals surface area contributed by atoms with E-state index in [0.717, 1.165) is 18.7 Å². The van der Waals surface area contributed by atoms with E-state index in [1.165, 1.54) is 12.1 Å². The van der Waals surface area contributed by atoms with Gasteiger partial charge in [-0.15, -0.1) is 0 Å². The molecule has 0 aliphatic carbocycles. The lowest BCUT2D eigenvalue weighted by atomic mass is 10.0. The molecule has 1 aliphatic heterocycles. The van der Waals surface area contributed by atoms with Gasteiger partial charge in [0, 0.05) is 37.4 Å². The highest BCUT2D eigenvalue weighted by Crippen LogP contribution is 2.27. The van der Waals surface area contributed by atoms with Crippen LogP contribution in [-0.4, -0.2) is 66.6 Å². The van der Waals surface area contributed by atoms with Crippen LogP contribution < -0.4 is 10.1 Å². The molecule has 0 spiro atoms. The monoisotopic (exact) mass is 466 g/mol. The fraction of sp³-hybridized carbons (Fsp3) is 0.385. The van der Waals surface area contributed by atoms with E-state index >= 15 is 0 Å². The topological polar surface area (TPSA) is 68.6 Å². The Morgan fingerprint density at radius 2 is 1.91 bits per heavy atom. The Morgan fingerprint density at radius 1 is 1.18 bits per heavy atom. The van der Waals surface area contributed by atoms with Crippen LogP contribution in [0.15, 0.2) is 54.7 Å². The van der Waals surface area contributed by atoms with Crippen LogP contribution in [0.3, 0.4) is 0 Å². The number of nitrogens with one attached hydrogen (secondary N) is 1. The van der Waals surface area contributed by atoms with E-state index in [9.17, 15) is 9.18 Å². The van der Waals surface area contributed by atoms with Gasteiger partial charge in [-0.3, -0.25) is 9.69 Å². The molecule has 8 heteroatoms. The zero-order valence-electron chi connectivity index (χ0n) is 19.8. The molecular weight excluding hydrogens is 435 g/mol. The summed E-state index contributed by atoms with van der Waals surface area (Å²) in [6.07, 6.45) is 1.69.